The van der Waals surface area contributed by atoms with Gasteiger partial charge >= 0.3 is 0 Å². The van der Waals surface area contributed by atoms with Gasteiger partial charge in [0.05, 0.1) is 23.0 Å². The van der Waals surface area contributed by atoms with Crippen LogP contribution in [0.3, 0.4) is 0 Å². The molecule has 7 nitrogen and oxygen atoms in total. The van der Waals surface area contributed by atoms with Crippen molar-refractivity contribution in [2.45, 2.75) is 43.6 Å². The molecule has 3 heterocycles. The summed E-state index contributed by atoms with van der Waals surface area (Å²) in [6, 6.07) is 6.21. The maximum atomic E-state index is 13.8. The zero-order valence-corrected chi connectivity index (χ0v) is 21.0. The highest BCUT2D eigenvalue weighted by molar-refractivity contribution is 7.88. The zero-order valence-electron chi connectivity index (χ0n) is 18.6. The highest BCUT2D eigenvalue weighted by atomic mass is 35.5. The fraction of sp³-hybridized carbons (Fsp3) is 0.348. The first-order valence-corrected chi connectivity index (χ1v) is 13.8. The number of amides is 1. The van der Waals surface area contributed by atoms with Crippen LogP contribution >= 0.6 is 22.9 Å². The van der Waals surface area contributed by atoms with Crippen LogP contribution in [0.4, 0.5) is 4.39 Å². The molecule has 3 aromatic rings. The second-order valence-corrected chi connectivity index (χ2v) is 12.1. The summed E-state index contributed by atoms with van der Waals surface area (Å²) in [5.41, 5.74) is 2.73. The first kappa shape index (κ1) is 24.7. The lowest BCUT2D eigenvalue weighted by molar-refractivity contribution is 0.0929. The Morgan fingerprint density at radius 2 is 1.94 bits per heavy atom. The fourth-order valence-corrected chi connectivity index (χ4v) is 6.42. The summed E-state index contributed by atoms with van der Waals surface area (Å²) in [4.78, 5) is 22.9. The van der Waals surface area contributed by atoms with Gasteiger partial charge in [0.15, 0.2) is 0 Å². The van der Waals surface area contributed by atoms with Crippen LogP contribution in [0.1, 0.15) is 33.8 Å². The molecular formula is C23H24ClFN4O3S2. The molecule has 3 atom stereocenters. The second kappa shape index (κ2) is 10.1. The number of thiophene rings is 1. The average molecular weight is 523 g/mol. The average Bonchev–Trinajstić information content (AvgIpc) is 3.14. The third-order valence-corrected chi connectivity index (χ3v) is 7.75. The Morgan fingerprint density at radius 3 is 2.68 bits per heavy atom. The minimum absolute atomic E-state index is 0.241. The molecule has 3 unspecified atom stereocenters. The van der Waals surface area contributed by atoms with Gasteiger partial charge in [-0.1, -0.05) is 6.07 Å². The van der Waals surface area contributed by atoms with E-state index in [0.29, 0.717) is 41.0 Å². The molecule has 2 N–H and O–H groups in total. The van der Waals surface area contributed by atoms with E-state index in [-0.39, 0.29) is 23.4 Å². The van der Waals surface area contributed by atoms with E-state index in [2.05, 4.69) is 20.0 Å². The molecule has 1 aliphatic rings. The van der Waals surface area contributed by atoms with Gasteiger partial charge in [-0.2, -0.15) is 0 Å². The van der Waals surface area contributed by atoms with Gasteiger partial charge in [0.25, 0.3) is 5.91 Å². The number of hydrogen-bond donors (Lipinski definition) is 2. The molecule has 180 valence electrons. The number of carbonyl (C=O) groups is 1. The van der Waals surface area contributed by atoms with E-state index in [0.717, 1.165) is 22.9 Å². The van der Waals surface area contributed by atoms with E-state index in [9.17, 15) is 17.6 Å². The molecule has 0 bridgehead atoms. The Hall–Kier alpha value is -2.40. The fourth-order valence-electron chi connectivity index (χ4n) is 4.26. The summed E-state index contributed by atoms with van der Waals surface area (Å²) in [6.07, 6.45) is 7.02. The molecule has 0 saturated heterocycles. The Morgan fingerprint density at radius 1 is 1.18 bits per heavy atom. The Bertz CT molecular complexity index is 1320. The van der Waals surface area contributed by atoms with E-state index >= 15 is 0 Å². The molecule has 1 saturated carbocycles. The molecular weight excluding hydrogens is 499 g/mol. The summed E-state index contributed by atoms with van der Waals surface area (Å²) in [5.74, 6) is -0.693. The minimum Gasteiger partial charge on any atom is -0.348 e. The largest absolute Gasteiger partial charge is 0.348 e. The Balaban J connectivity index is 1.56. The van der Waals surface area contributed by atoms with Crippen LogP contribution < -0.4 is 10.0 Å². The number of alkyl halides is 1. The SMILES string of the molecule is Cc1sc(C(=O)NC2CC(Cl)CC(NS(C)(=O)=O)C2)cc1-c1ncccc1-c1cncc(F)c1. The van der Waals surface area contributed by atoms with Crippen LogP contribution in [0.25, 0.3) is 22.4 Å². The number of nitrogens with one attached hydrogen (secondary N) is 2. The molecule has 1 aliphatic carbocycles. The van der Waals surface area contributed by atoms with Gasteiger partial charge in [-0.3, -0.25) is 14.8 Å². The topological polar surface area (TPSA) is 101 Å². The lowest BCUT2D eigenvalue weighted by Crippen LogP contribution is -2.48. The highest BCUT2D eigenvalue weighted by Gasteiger charge is 2.31. The maximum Gasteiger partial charge on any atom is 0.261 e. The third kappa shape index (κ3) is 5.99. The quantitative estimate of drug-likeness (QED) is 0.474. The van der Waals surface area contributed by atoms with E-state index in [4.69, 9.17) is 11.6 Å². The zero-order chi connectivity index (χ0) is 24.5. The van der Waals surface area contributed by atoms with Crippen LogP contribution in [-0.4, -0.2) is 48.0 Å². The number of carbonyl (C=O) groups excluding carboxylic acids is 1. The van der Waals surface area contributed by atoms with Crippen molar-refractivity contribution in [3.05, 3.63) is 58.4 Å². The first-order valence-electron chi connectivity index (χ1n) is 10.7. The van der Waals surface area contributed by atoms with Crippen molar-refractivity contribution < 1.29 is 17.6 Å². The van der Waals surface area contributed by atoms with Crippen molar-refractivity contribution in [1.29, 1.82) is 0 Å². The van der Waals surface area contributed by atoms with Gasteiger partial charge in [0.1, 0.15) is 5.82 Å². The van der Waals surface area contributed by atoms with E-state index in [1.54, 1.807) is 24.5 Å². The van der Waals surface area contributed by atoms with E-state index in [1.807, 2.05) is 13.0 Å². The molecule has 0 aromatic carbocycles. The molecule has 34 heavy (non-hydrogen) atoms. The predicted octanol–water partition coefficient (Wildman–Crippen LogP) is 4.13. The number of hydrogen-bond acceptors (Lipinski definition) is 6. The Labute approximate surface area is 206 Å². The van der Waals surface area contributed by atoms with Crippen molar-refractivity contribution in [2.24, 2.45) is 0 Å². The van der Waals surface area contributed by atoms with Crippen LogP contribution in [0.5, 0.6) is 0 Å². The lowest BCUT2D eigenvalue weighted by atomic mass is 9.91. The highest BCUT2D eigenvalue weighted by Crippen LogP contribution is 2.36. The van der Waals surface area contributed by atoms with E-state index < -0.39 is 15.8 Å². The number of aryl methyl sites for hydroxylation is 1. The standard InChI is InChI=1S/C23H24ClFN4O3S2/c1-13-20(22-19(4-3-5-27-22)14-6-16(25)12-26-11-14)10-21(33-13)23(30)28-17-7-15(24)8-18(9-17)29-34(2,31)32/h3-6,10-12,15,17-18,29H,7-9H2,1-2H3,(H,28,30). The number of halogens is 2. The molecule has 0 aliphatic heterocycles. The van der Waals surface area contributed by atoms with Gasteiger partial charge in [-0.05, 0) is 44.4 Å². The van der Waals surface area contributed by atoms with Crippen molar-refractivity contribution in [1.82, 2.24) is 20.0 Å². The number of aromatic nitrogens is 2. The third-order valence-electron chi connectivity index (χ3n) is 5.59. The van der Waals surface area contributed by atoms with Crippen LogP contribution in [0.2, 0.25) is 0 Å². The monoisotopic (exact) mass is 522 g/mol. The van der Waals surface area contributed by atoms with Crippen molar-refractivity contribution >= 4 is 38.9 Å². The maximum absolute atomic E-state index is 13.8. The van der Waals surface area contributed by atoms with Crippen molar-refractivity contribution in [3.63, 3.8) is 0 Å². The molecule has 1 amide bonds. The number of rotatable bonds is 6. The second-order valence-electron chi connectivity index (χ2n) is 8.43. The van der Waals surface area contributed by atoms with Gasteiger partial charge in [-0.15, -0.1) is 22.9 Å². The number of sulfonamides is 1. The minimum atomic E-state index is -3.37. The van der Waals surface area contributed by atoms with Crippen LogP contribution in [0, 0.1) is 12.7 Å². The predicted molar refractivity (Wildman–Crippen MR) is 132 cm³/mol. The summed E-state index contributed by atoms with van der Waals surface area (Å²) >= 11 is 7.68. The molecule has 0 spiro atoms. The van der Waals surface area contributed by atoms with Gasteiger partial charge in [-0.25, -0.2) is 17.5 Å². The molecule has 0 radical (unpaired) electrons. The van der Waals surface area contributed by atoms with Crippen LogP contribution in [0.15, 0.2) is 42.9 Å². The van der Waals surface area contributed by atoms with Crippen molar-refractivity contribution in [2.75, 3.05) is 6.26 Å². The summed E-state index contributed by atoms with van der Waals surface area (Å²) in [6.45, 7) is 1.90. The van der Waals surface area contributed by atoms with Gasteiger partial charge in [0, 0.05) is 51.4 Å². The number of nitrogens with zero attached hydrogens (tertiary/aromatic N) is 2. The van der Waals surface area contributed by atoms with Gasteiger partial charge < -0.3 is 5.32 Å². The normalized spacial score (nSPS) is 20.8. The molecule has 1 fully saturated rings. The first-order chi connectivity index (χ1) is 16.1. The van der Waals surface area contributed by atoms with Crippen LogP contribution in [-0.2, 0) is 10.0 Å². The smallest absolute Gasteiger partial charge is 0.261 e. The van der Waals surface area contributed by atoms with Crippen molar-refractivity contribution in [3.8, 4) is 22.4 Å². The lowest BCUT2D eigenvalue weighted by Gasteiger charge is -2.32. The number of pyridine rings is 2. The summed E-state index contributed by atoms with van der Waals surface area (Å²) < 4.78 is 39.6. The summed E-state index contributed by atoms with van der Waals surface area (Å²) in [5, 5.41) is 2.76. The summed E-state index contributed by atoms with van der Waals surface area (Å²) in [7, 11) is -3.37. The van der Waals surface area contributed by atoms with E-state index in [1.165, 1.54) is 17.4 Å². The van der Waals surface area contributed by atoms with Gasteiger partial charge in [0.2, 0.25) is 10.0 Å². The molecule has 11 heteroatoms. The molecule has 4 rings (SSSR count). The molecule has 3 aromatic heterocycles. The Kier molecular flexibility index (Phi) is 7.32.